The first-order chi connectivity index (χ1) is 14.1. The molecule has 1 aromatic carbocycles. The van der Waals surface area contributed by atoms with Crippen molar-refractivity contribution in [3.63, 3.8) is 0 Å². The van der Waals surface area contributed by atoms with Crippen LogP contribution in [0.3, 0.4) is 0 Å². The van der Waals surface area contributed by atoms with Gasteiger partial charge in [0.15, 0.2) is 0 Å². The second-order valence-electron chi connectivity index (χ2n) is 8.27. The average molecular weight is 415 g/mol. The second kappa shape index (κ2) is 8.47. The fourth-order valence-electron chi connectivity index (χ4n) is 3.74. The molecule has 1 N–H and O–H groups in total. The van der Waals surface area contributed by atoms with Crippen molar-refractivity contribution in [1.82, 2.24) is 15.1 Å². The fourth-order valence-corrected chi connectivity index (χ4v) is 3.74. The molecule has 3 unspecified atom stereocenters. The number of hydrogen-bond acceptors (Lipinski definition) is 5. The minimum Gasteiger partial charge on any atom is -0.489 e. The zero-order chi connectivity index (χ0) is 22.1. The first-order valence-electron chi connectivity index (χ1n) is 10.0. The lowest BCUT2D eigenvalue weighted by atomic mass is 9.92. The summed E-state index contributed by atoms with van der Waals surface area (Å²) in [6.07, 6.45) is -0.173. The van der Waals surface area contributed by atoms with Crippen molar-refractivity contribution < 1.29 is 23.9 Å². The Hall–Kier alpha value is -2.87. The van der Waals surface area contributed by atoms with E-state index in [9.17, 15) is 14.4 Å². The van der Waals surface area contributed by atoms with Gasteiger partial charge in [0.05, 0.1) is 12.2 Å². The number of nitrogens with one attached hydrogen (secondary N) is 1. The maximum absolute atomic E-state index is 13.1. The highest BCUT2D eigenvalue weighted by Crippen LogP contribution is 2.30. The molecule has 0 spiro atoms. The molecule has 0 aromatic heterocycles. The van der Waals surface area contributed by atoms with Crippen LogP contribution in [-0.2, 0) is 19.9 Å². The number of hydrogen-bond donors (Lipinski definition) is 1. The lowest BCUT2D eigenvalue weighted by molar-refractivity contribution is -0.146. The van der Waals surface area contributed by atoms with Gasteiger partial charge in [0.25, 0.3) is 5.91 Å². The number of ether oxygens (including phenoxy) is 2. The van der Waals surface area contributed by atoms with Crippen molar-refractivity contribution in [1.29, 1.82) is 0 Å². The standard InChI is InChI=1S/C22H29N3O5/c1-14(2)13-29-18-8-6-17(7-9-18)22(5)20(27)25(21(28)23-22)12-19(26)24-10-15(3)30-16(4)11-24/h6-9,15-16H,1,10-13H2,2-5H3,(H,23,28). The molecule has 2 aliphatic heterocycles. The van der Waals surface area contributed by atoms with Crippen molar-refractivity contribution in [3.8, 4) is 5.75 Å². The molecule has 2 saturated heterocycles. The van der Waals surface area contributed by atoms with Gasteiger partial charge in [-0.25, -0.2) is 4.79 Å². The zero-order valence-electron chi connectivity index (χ0n) is 17.9. The summed E-state index contributed by atoms with van der Waals surface area (Å²) < 4.78 is 11.2. The molecule has 1 aromatic rings. The van der Waals surface area contributed by atoms with Gasteiger partial charge in [0.2, 0.25) is 5.91 Å². The van der Waals surface area contributed by atoms with E-state index in [2.05, 4.69) is 11.9 Å². The van der Waals surface area contributed by atoms with Crippen LogP contribution in [0.25, 0.3) is 0 Å². The summed E-state index contributed by atoms with van der Waals surface area (Å²) in [4.78, 5) is 41.0. The van der Waals surface area contributed by atoms with Crippen LogP contribution in [0.1, 0.15) is 33.3 Å². The number of nitrogens with zero attached hydrogens (tertiary/aromatic N) is 2. The number of imide groups is 1. The molecule has 162 valence electrons. The number of rotatable bonds is 6. The van der Waals surface area contributed by atoms with Crippen LogP contribution in [-0.4, -0.2) is 66.1 Å². The summed E-state index contributed by atoms with van der Waals surface area (Å²) in [7, 11) is 0. The third-order valence-electron chi connectivity index (χ3n) is 5.26. The molecule has 0 aliphatic carbocycles. The molecular weight excluding hydrogens is 386 g/mol. The first kappa shape index (κ1) is 21.8. The van der Waals surface area contributed by atoms with Crippen LogP contribution in [0.4, 0.5) is 4.79 Å². The minimum absolute atomic E-state index is 0.0864. The summed E-state index contributed by atoms with van der Waals surface area (Å²) in [5, 5.41) is 2.73. The Morgan fingerprint density at radius 1 is 1.23 bits per heavy atom. The topological polar surface area (TPSA) is 88.2 Å². The van der Waals surface area contributed by atoms with E-state index in [0.29, 0.717) is 31.0 Å². The summed E-state index contributed by atoms with van der Waals surface area (Å²) >= 11 is 0. The smallest absolute Gasteiger partial charge is 0.325 e. The Kier molecular flexibility index (Phi) is 6.17. The van der Waals surface area contributed by atoms with Crippen molar-refractivity contribution in [2.24, 2.45) is 0 Å². The number of morpholine rings is 1. The quantitative estimate of drug-likeness (QED) is 0.568. The van der Waals surface area contributed by atoms with Crippen LogP contribution in [0.2, 0.25) is 0 Å². The molecule has 0 radical (unpaired) electrons. The van der Waals surface area contributed by atoms with Gasteiger partial charge in [-0.15, -0.1) is 0 Å². The van der Waals surface area contributed by atoms with Gasteiger partial charge in [0.1, 0.15) is 24.4 Å². The van der Waals surface area contributed by atoms with Gasteiger partial charge in [-0.3, -0.25) is 14.5 Å². The average Bonchev–Trinajstić information content (AvgIpc) is 2.90. The van der Waals surface area contributed by atoms with Gasteiger partial charge >= 0.3 is 6.03 Å². The number of urea groups is 1. The predicted octanol–water partition coefficient (Wildman–Crippen LogP) is 2.04. The third kappa shape index (κ3) is 4.48. The number of carbonyl (C=O) groups excluding carboxylic acids is 3. The highest BCUT2D eigenvalue weighted by Gasteiger charge is 2.49. The van der Waals surface area contributed by atoms with E-state index in [0.717, 1.165) is 10.5 Å². The minimum atomic E-state index is -1.24. The van der Waals surface area contributed by atoms with Crippen LogP contribution in [0.5, 0.6) is 5.75 Å². The fraction of sp³-hybridized carbons (Fsp3) is 0.500. The van der Waals surface area contributed by atoms with Gasteiger partial charge in [-0.2, -0.15) is 0 Å². The van der Waals surface area contributed by atoms with E-state index in [1.165, 1.54) is 0 Å². The van der Waals surface area contributed by atoms with E-state index in [-0.39, 0.29) is 24.7 Å². The predicted molar refractivity (Wildman–Crippen MR) is 111 cm³/mol. The number of amides is 4. The van der Waals surface area contributed by atoms with E-state index >= 15 is 0 Å². The van der Waals surface area contributed by atoms with Crippen molar-refractivity contribution >= 4 is 17.8 Å². The lowest BCUT2D eigenvalue weighted by Gasteiger charge is -2.35. The maximum Gasteiger partial charge on any atom is 0.325 e. The van der Waals surface area contributed by atoms with Crippen LogP contribution < -0.4 is 10.1 Å². The second-order valence-corrected chi connectivity index (χ2v) is 8.27. The summed E-state index contributed by atoms with van der Waals surface area (Å²) in [5.41, 5.74) is 0.274. The van der Waals surface area contributed by atoms with Crippen molar-refractivity contribution in [2.45, 2.75) is 45.4 Å². The summed E-state index contributed by atoms with van der Waals surface area (Å²) in [6, 6.07) is 6.39. The zero-order valence-corrected chi connectivity index (χ0v) is 17.9. The molecule has 4 amide bonds. The Labute approximate surface area is 176 Å². The van der Waals surface area contributed by atoms with Crippen LogP contribution in [0.15, 0.2) is 36.4 Å². The van der Waals surface area contributed by atoms with E-state index < -0.39 is 17.5 Å². The molecule has 8 heteroatoms. The molecule has 8 nitrogen and oxygen atoms in total. The summed E-state index contributed by atoms with van der Waals surface area (Å²) in [5.74, 6) is -0.0798. The van der Waals surface area contributed by atoms with Gasteiger partial charge in [-0.05, 0) is 51.0 Å². The Morgan fingerprint density at radius 2 is 1.83 bits per heavy atom. The lowest BCUT2D eigenvalue weighted by Crippen LogP contribution is -2.52. The molecule has 0 saturated carbocycles. The largest absolute Gasteiger partial charge is 0.489 e. The summed E-state index contributed by atoms with van der Waals surface area (Å²) in [6.45, 7) is 12.1. The Balaban J connectivity index is 1.70. The number of carbonyl (C=O) groups is 3. The van der Waals surface area contributed by atoms with E-state index in [1.807, 2.05) is 20.8 Å². The number of benzene rings is 1. The molecular formula is C22H29N3O5. The molecule has 30 heavy (non-hydrogen) atoms. The van der Waals surface area contributed by atoms with Crippen LogP contribution in [0, 0.1) is 0 Å². The highest BCUT2D eigenvalue weighted by molar-refractivity contribution is 6.09. The van der Waals surface area contributed by atoms with E-state index in [1.54, 1.807) is 36.1 Å². The SMILES string of the molecule is C=C(C)COc1ccc(C2(C)NC(=O)N(CC(=O)N3CC(C)OC(C)C3)C2=O)cc1. The molecule has 2 heterocycles. The Morgan fingerprint density at radius 3 is 2.40 bits per heavy atom. The third-order valence-corrected chi connectivity index (χ3v) is 5.26. The van der Waals surface area contributed by atoms with Gasteiger partial charge < -0.3 is 19.7 Å². The monoisotopic (exact) mass is 415 g/mol. The van der Waals surface area contributed by atoms with Gasteiger partial charge in [0, 0.05) is 13.1 Å². The molecule has 0 bridgehead atoms. The Bertz CT molecular complexity index is 843. The van der Waals surface area contributed by atoms with Crippen molar-refractivity contribution in [3.05, 3.63) is 42.0 Å². The molecule has 3 rings (SSSR count). The van der Waals surface area contributed by atoms with Crippen LogP contribution >= 0.6 is 0 Å². The molecule has 3 atom stereocenters. The molecule has 2 fully saturated rings. The molecule has 2 aliphatic rings. The highest BCUT2D eigenvalue weighted by atomic mass is 16.5. The maximum atomic E-state index is 13.1. The first-order valence-corrected chi connectivity index (χ1v) is 10.0. The van der Waals surface area contributed by atoms with E-state index in [4.69, 9.17) is 9.47 Å². The van der Waals surface area contributed by atoms with Crippen molar-refractivity contribution in [2.75, 3.05) is 26.2 Å². The van der Waals surface area contributed by atoms with Gasteiger partial charge in [-0.1, -0.05) is 18.7 Å². The normalized spacial score (nSPS) is 26.5.